The number of ether oxygens (including phenoxy) is 1. The number of carbonyl (C=O) groups excluding carboxylic acids is 1. The molecule has 0 saturated carbocycles. The predicted molar refractivity (Wildman–Crippen MR) is 81.0 cm³/mol. The highest BCUT2D eigenvalue weighted by Gasteiger charge is 2.11. The number of carbonyl (C=O) groups is 1. The van der Waals surface area contributed by atoms with E-state index in [1.165, 1.54) is 6.20 Å². The van der Waals surface area contributed by atoms with Crippen LogP contribution in [-0.4, -0.2) is 22.0 Å². The Labute approximate surface area is 123 Å². The lowest BCUT2D eigenvalue weighted by molar-refractivity contribution is -0.115. The SMILES string of the molecule is CC(C)Oc1ncccc1NC(=O)Cc1ccc(N)cn1. The van der Waals surface area contributed by atoms with Crippen molar-refractivity contribution in [1.29, 1.82) is 0 Å². The second-order valence-electron chi connectivity index (χ2n) is 4.83. The first-order valence-corrected chi connectivity index (χ1v) is 6.66. The summed E-state index contributed by atoms with van der Waals surface area (Å²) in [5, 5.41) is 2.78. The van der Waals surface area contributed by atoms with Gasteiger partial charge in [-0.1, -0.05) is 0 Å². The fraction of sp³-hybridized carbons (Fsp3) is 0.267. The molecule has 2 aromatic heterocycles. The Hall–Kier alpha value is -2.63. The number of hydrogen-bond acceptors (Lipinski definition) is 5. The van der Waals surface area contributed by atoms with E-state index in [2.05, 4.69) is 15.3 Å². The zero-order chi connectivity index (χ0) is 15.2. The zero-order valence-corrected chi connectivity index (χ0v) is 12.0. The lowest BCUT2D eigenvalue weighted by Crippen LogP contribution is -2.17. The number of anilines is 2. The van der Waals surface area contributed by atoms with Crippen LogP contribution in [0.5, 0.6) is 5.88 Å². The maximum atomic E-state index is 12.0. The smallest absolute Gasteiger partial charge is 0.238 e. The molecule has 0 aliphatic heterocycles. The minimum Gasteiger partial charge on any atom is -0.473 e. The fourth-order valence-electron chi connectivity index (χ4n) is 1.70. The summed E-state index contributed by atoms with van der Waals surface area (Å²) >= 11 is 0. The molecule has 0 aliphatic carbocycles. The van der Waals surface area contributed by atoms with Gasteiger partial charge in [0.15, 0.2) is 0 Å². The average molecular weight is 286 g/mol. The molecule has 0 saturated heterocycles. The van der Waals surface area contributed by atoms with Crippen LogP contribution in [0.15, 0.2) is 36.7 Å². The summed E-state index contributed by atoms with van der Waals surface area (Å²) in [5.74, 6) is 0.222. The number of pyridine rings is 2. The monoisotopic (exact) mass is 286 g/mol. The van der Waals surface area contributed by atoms with Gasteiger partial charge < -0.3 is 15.8 Å². The summed E-state index contributed by atoms with van der Waals surface area (Å²) in [6.07, 6.45) is 3.29. The van der Waals surface area contributed by atoms with Crippen molar-refractivity contribution < 1.29 is 9.53 Å². The number of nitrogens with one attached hydrogen (secondary N) is 1. The maximum Gasteiger partial charge on any atom is 0.238 e. The first-order chi connectivity index (χ1) is 10.0. The molecule has 3 N–H and O–H groups in total. The van der Waals surface area contributed by atoms with E-state index in [9.17, 15) is 4.79 Å². The van der Waals surface area contributed by atoms with Gasteiger partial charge in [0.05, 0.1) is 24.4 Å². The molecule has 2 heterocycles. The van der Waals surface area contributed by atoms with Crippen molar-refractivity contribution in [3.8, 4) is 5.88 Å². The van der Waals surface area contributed by atoms with Gasteiger partial charge in [0.2, 0.25) is 11.8 Å². The number of nitrogens with zero attached hydrogens (tertiary/aromatic N) is 2. The molecule has 110 valence electrons. The summed E-state index contributed by atoms with van der Waals surface area (Å²) in [5.41, 5.74) is 7.33. The van der Waals surface area contributed by atoms with Crippen molar-refractivity contribution >= 4 is 17.3 Å². The predicted octanol–water partition coefficient (Wildman–Crippen LogP) is 2.03. The molecule has 1 amide bonds. The minimum absolute atomic E-state index is 0.0192. The molecule has 6 heteroatoms. The Kier molecular flexibility index (Phi) is 4.71. The van der Waals surface area contributed by atoms with Gasteiger partial charge >= 0.3 is 0 Å². The molecular formula is C15H18N4O2. The van der Waals surface area contributed by atoms with Crippen LogP contribution in [0.25, 0.3) is 0 Å². The topological polar surface area (TPSA) is 90.1 Å². The third-order valence-corrected chi connectivity index (χ3v) is 2.58. The highest BCUT2D eigenvalue weighted by atomic mass is 16.5. The molecule has 2 aromatic rings. The molecule has 0 spiro atoms. The Morgan fingerprint density at radius 3 is 2.81 bits per heavy atom. The van der Waals surface area contributed by atoms with Crippen LogP contribution < -0.4 is 15.8 Å². The maximum absolute atomic E-state index is 12.0. The standard InChI is InChI=1S/C15H18N4O2/c1-10(2)21-15-13(4-3-7-17-15)19-14(20)8-12-6-5-11(16)9-18-12/h3-7,9-10H,8,16H2,1-2H3,(H,19,20). The van der Waals surface area contributed by atoms with E-state index >= 15 is 0 Å². The van der Waals surface area contributed by atoms with Crippen LogP contribution in [0.2, 0.25) is 0 Å². The molecule has 0 aromatic carbocycles. The lowest BCUT2D eigenvalue weighted by Gasteiger charge is -2.13. The highest BCUT2D eigenvalue weighted by molar-refractivity contribution is 5.93. The number of amides is 1. The van der Waals surface area contributed by atoms with E-state index in [0.717, 1.165) is 0 Å². The average Bonchev–Trinajstić information content (AvgIpc) is 2.43. The van der Waals surface area contributed by atoms with Crippen molar-refractivity contribution in [2.75, 3.05) is 11.1 Å². The molecule has 0 radical (unpaired) electrons. The van der Waals surface area contributed by atoms with Crippen LogP contribution in [0.3, 0.4) is 0 Å². The van der Waals surface area contributed by atoms with Gasteiger partial charge in [-0.15, -0.1) is 0 Å². The van der Waals surface area contributed by atoms with Crippen LogP contribution in [-0.2, 0) is 11.2 Å². The fourth-order valence-corrected chi connectivity index (χ4v) is 1.70. The van der Waals surface area contributed by atoms with Crippen molar-refractivity contribution in [2.45, 2.75) is 26.4 Å². The molecule has 0 unspecified atom stereocenters. The second kappa shape index (κ2) is 6.69. The Balaban J connectivity index is 2.04. The first kappa shape index (κ1) is 14.8. The normalized spacial score (nSPS) is 10.4. The Bertz CT molecular complexity index is 611. The summed E-state index contributed by atoms with van der Waals surface area (Å²) < 4.78 is 5.55. The first-order valence-electron chi connectivity index (χ1n) is 6.66. The number of hydrogen-bond donors (Lipinski definition) is 2. The highest BCUT2D eigenvalue weighted by Crippen LogP contribution is 2.21. The quantitative estimate of drug-likeness (QED) is 0.877. The minimum atomic E-state index is -0.186. The van der Waals surface area contributed by atoms with E-state index in [1.54, 1.807) is 30.5 Å². The van der Waals surface area contributed by atoms with Gasteiger partial charge in [0.25, 0.3) is 0 Å². The van der Waals surface area contributed by atoms with Gasteiger partial charge in [-0.25, -0.2) is 4.98 Å². The molecule has 21 heavy (non-hydrogen) atoms. The van der Waals surface area contributed by atoms with Crippen LogP contribution in [0.4, 0.5) is 11.4 Å². The molecule has 6 nitrogen and oxygen atoms in total. The molecule has 2 rings (SSSR count). The van der Waals surface area contributed by atoms with E-state index in [0.29, 0.717) is 22.9 Å². The summed E-state index contributed by atoms with van der Waals surface area (Å²) in [4.78, 5) is 20.3. The number of aromatic nitrogens is 2. The number of nitrogens with two attached hydrogens (primary N) is 1. The van der Waals surface area contributed by atoms with E-state index in [-0.39, 0.29) is 18.4 Å². The van der Waals surface area contributed by atoms with Gasteiger partial charge in [0.1, 0.15) is 5.69 Å². The van der Waals surface area contributed by atoms with Gasteiger partial charge in [-0.3, -0.25) is 9.78 Å². The summed E-state index contributed by atoms with van der Waals surface area (Å²) in [7, 11) is 0. The van der Waals surface area contributed by atoms with Crippen molar-refractivity contribution in [3.05, 3.63) is 42.4 Å². The lowest BCUT2D eigenvalue weighted by atomic mass is 10.2. The Morgan fingerprint density at radius 2 is 2.14 bits per heavy atom. The molecule has 0 bridgehead atoms. The van der Waals surface area contributed by atoms with Crippen molar-refractivity contribution in [3.63, 3.8) is 0 Å². The van der Waals surface area contributed by atoms with Crippen LogP contribution in [0, 0.1) is 0 Å². The third-order valence-electron chi connectivity index (χ3n) is 2.58. The summed E-state index contributed by atoms with van der Waals surface area (Å²) in [6, 6.07) is 6.93. The van der Waals surface area contributed by atoms with Gasteiger partial charge in [-0.2, -0.15) is 0 Å². The van der Waals surface area contributed by atoms with E-state index in [1.807, 2.05) is 13.8 Å². The van der Waals surface area contributed by atoms with Crippen LogP contribution in [0.1, 0.15) is 19.5 Å². The van der Waals surface area contributed by atoms with Gasteiger partial charge in [-0.05, 0) is 38.1 Å². The van der Waals surface area contributed by atoms with Crippen molar-refractivity contribution in [2.24, 2.45) is 0 Å². The summed E-state index contributed by atoms with van der Waals surface area (Å²) in [6.45, 7) is 3.80. The zero-order valence-electron chi connectivity index (χ0n) is 12.0. The largest absolute Gasteiger partial charge is 0.473 e. The van der Waals surface area contributed by atoms with E-state index in [4.69, 9.17) is 10.5 Å². The number of nitrogen functional groups attached to an aromatic ring is 1. The molecule has 0 fully saturated rings. The molecule has 0 aliphatic rings. The third kappa shape index (κ3) is 4.45. The van der Waals surface area contributed by atoms with Gasteiger partial charge in [0, 0.05) is 11.9 Å². The van der Waals surface area contributed by atoms with Crippen molar-refractivity contribution in [1.82, 2.24) is 9.97 Å². The number of rotatable bonds is 5. The van der Waals surface area contributed by atoms with E-state index < -0.39 is 0 Å². The molecular weight excluding hydrogens is 268 g/mol. The Morgan fingerprint density at radius 1 is 1.33 bits per heavy atom. The molecule has 0 atom stereocenters. The van der Waals surface area contributed by atoms with Crippen LogP contribution >= 0.6 is 0 Å². The second-order valence-corrected chi connectivity index (χ2v) is 4.83.